The number of hydrogen-bond acceptors (Lipinski definition) is 4. The molecule has 5 rings (SSSR count). The van der Waals surface area contributed by atoms with Crippen LogP contribution in [0.5, 0.6) is 0 Å². The molecular weight excluding hydrogens is 390 g/mol. The first kappa shape index (κ1) is 19.5. The summed E-state index contributed by atoms with van der Waals surface area (Å²) in [6.07, 6.45) is 4.89. The van der Waals surface area contributed by atoms with E-state index in [1.807, 2.05) is 70.5 Å². The quantitative estimate of drug-likeness (QED) is 0.652. The van der Waals surface area contributed by atoms with Crippen LogP contribution < -0.4 is 0 Å². The molecule has 1 atom stereocenters. The van der Waals surface area contributed by atoms with Gasteiger partial charge in [0.1, 0.15) is 6.26 Å². The Morgan fingerprint density at radius 2 is 1.45 bits per heavy atom. The summed E-state index contributed by atoms with van der Waals surface area (Å²) < 4.78 is 5.69. The highest BCUT2D eigenvalue weighted by molar-refractivity contribution is 5.95. The fraction of sp³-hybridized carbons (Fsp3) is 0.320. The van der Waals surface area contributed by atoms with Gasteiger partial charge in [0, 0.05) is 42.7 Å². The van der Waals surface area contributed by atoms with Gasteiger partial charge in [-0.15, -0.1) is 0 Å². The molecule has 2 saturated heterocycles. The van der Waals surface area contributed by atoms with Crippen LogP contribution in [0.4, 0.5) is 0 Å². The Kier molecular flexibility index (Phi) is 5.06. The predicted octanol–water partition coefficient (Wildman–Crippen LogP) is 3.84. The SMILES string of the molecule is O=C(c1ccccc1)N1CCC2(CC1)CN(C(=O)c1ccccc1)CC2c1ncco1. The van der Waals surface area contributed by atoms with Gasteiger partial charge in [0.25, 0.3) is 11.8 Å². The van der Waals surface area contributed by atoms with Crippen molar-refractivity contribution in [3.8, 4) is 0 Å². The van der Waals surface area contributed by atoms with Crippen molar-refractivity contribution in [1.29, 1.82) is 0 Å². The molecule has 158 valence electrons. The van der Waals surface area contributed by atoms with Gasteiger partial charge in [-0.05, 0) is 37.1 Å². The first-order valence-electron chi connectivity index (χ1n) is 10.7. The van der Waals surface area contributed by atoms with Crippen LogP contribution in [-0.4, -0.2) is 52.8 Å². The van der Waals surface area contributed by atoms with Crippen molar-refractivity contribution in [1.82, 2.24) is 14.8 Å². The number of amides is 2. The standard InChI is InChI=1S/C25H25N3O3/c29-23(19-7-3-1-4-8-19)27-14-11-25(12-15-27)18-28(17-21(25)22-26-13-16-31-22)24(30)20-9-5-2-6-10-20/h1-10,13,16,21H,11-12,14-15,17-18H2. The van der Waals surface area contributed by atoms with Gasteiger partial charge in [-0.3, -0.25) is 9.59 Å². The molecule has 3 aromatic rings. The number of likely N-dealkylation sites (tertiary alicyclic amines) is 2. The molecule has 0 saturated carbocycles. The maximum absolute atomic E-state index is 13.2. The molecule has 2 fully saturated rings. The van der Waals surface area contributed by atoms with Crippen LogP contribution in [0, 0.1) is 5.41 Å². The largest absolute Gasteiger partial charge is 0.449 e. The topological polar surface area (TPSA) is 66.7 Å². The van der Waals surface area contributed by atoms with E-state index in [-0.39, 0.29) is 23.1 Å². The molecule has 1 unspecified atom stereocenters. The zero-order chi connectivity index (χ0) is 21.3. The van der Waals surface area contributed by atoms with E-state index in [1.165, 1.54) is 0 Å². The lowest BCUT2D eigenvalue weighted by atomic mass is 9.70. The average Bonchev–Trinajstić information content (AvgIpc) is 3.48. The molecule has 0 bridgehead atoms. The lowest BCUT2D eigenvalue weighted by Crippen LogP contribution is -2.46. The summed E-state index contributed by atoms with van der Waals surface area (Å²) in [5, 5.41) is 0. The molecule has 1 aromatic heterocycles. The van der Waals surface area contributed by atoms with Gasteiger partial charge in [0.15, 0.2) is 5.89 Å². The number of rotatable bonds is 3. The molecule has 6 heteroatoms. The second-order valence-corrected chi connectivity index (χ2v) is 8.50. The zero-order valence-corrected chi connectivity index (χ0v) is 17.3. The zero-order valence-electron chi connectivity index (χ0n) is 17.3. The third-order valence-electron chi connectivity index (χ3n) is 6.77. The Morgan fingerprint density at radius 1 is 0.871 bits per heavy atom. The molecule has 2 amide bonds. The number of carbonyl (C=O) groups is 2. The Morgan fingerprint density at radius 3 is 2.00 bits per heavy atom. The lowest BCUT2D eigenvalue weighted by molar-refractivity contribution is 0.0529. The van der Waals surface area contributed by atoms with Crippen LogP contribution >= 0.6 is 0 Å². The molecule has 0 radical (unpaired) electrons. The molecule has 0 N–H and O–H groups in total. The summed E-state index contributed by atoms with van der Waals surface area (Å²) in [6, 6.07) is 18.8. The van der Waals surface area contributed by atoms with E-state index in [2.05, 4.69) is 4.98 Å². The Labute approximate surface area is 181 Å². The van der Waals surface area contributed by atoms with Crippen LogP contribution in [0.15, 0.2) is 77.5 Å². The molecule has 1 spiro atoms. The van der Waals surface area contributed by atoms with Crippen molar-refractivity contribution in [3.05, 3.63) is 90.1 Å². The van der Waals surface area contributed by atoms with Crippen LogP contribution in [0.3, 0.4) is 0 Å². The van der Waals surface area contributed by atoms with E-state index in [0.717, 1.165) is 18.4 Å². The van der Waals surface area contributed by atoms with Crippen LogP contribution in [-0.2, 0) is 0 Å². The van der Waals surface area contributed by atoms with Gasteiger partial charge >= 0.3 is 0 Å². The predicted molar refractivity (Wildman–Crippen MR) is 116 cm³/mol. The number of oxazole rings is 1. The van der Waals surface area contributed by atoms with Crippen molar-refractivity contribution >= 4 is 11.8 Å². The molecular formula is C25H25N3O3. The minimum absolute atomic E-state index is 0.0316. The van der Waals surface area contributed by atoms with Gasteiger partial charge in [-0.25, -0.2) is 4.98 Å². The smallest absolute Gasteiger partial charge is 0.253 e. The lowest BCUT2D eigenvalue weighted by Gasteiger charge is -2.41. The highest BCUT2D eigenvalue weighted by Crippen LogP contribution is 2.49. The molecule has 2 aromatic carbocycles. The van der Waals surface area contributed by atoms with Crippen LogP contribution in [0.2, 0.25) is 0 Å². The molecule has 2 aliphatic rings. The van der Waals surface area contributed by atoms with Crippen LogP contribution in [0.1, 0.15) is 45.4 Å². The minimum Gasteiger partial charge on any atom is -0.449 e. The van der Waals surface area contributed by atoms with E-state index >= 15 is 0 Å². The van der Waals surface area contributed by atoms with Gasteiger partial charge in [0.05, 0.1) is 12.1 Å². The fourth-order valence-corrected chi connectivity index (χ4v) is 5.06. The summed E-state index contributed by atoms with van der Waals surface area (Å²) in [5.41, 5.74) is 1.28. The van der Waals surface area contributed by atoms with Crippen LogP contribution in [0.25, 0.3) is 0 Å². The van der Waals surface area contributed by atoms with E-state index in [9.17, 15) is 9.59 Å². The number of carbonyl (C=O) groups excluding carboxylic acids is 2. The molecule has 6 nitrogen and oxygen atoms in total. The molecule has 2 aliphatic heterocycles. The summed E-state index contributed by atoms with van der Waals surface area (Å²) in [7, 11) is 0. The number of nitrogens with zero attached hydrogens (tertiary/aromatic N) is 3. The number of aromatic nitrogens is 1. The molecule has 3 heterocycles. The van der Waals surface area contributed by atoms with Crippen molar-refractivity contribution in [2.24, 2.45) is 5.41 Å². The van der Waals surface area contributed by atoms with Gasteiger partial charge in [-0.1, -0.05) is 36.4 Å². The highest BCUT2D eigenvalue weighted by Gasteiger charge is 2.52. The van der Waals surface area contributed by atoms with E-state index in [4.69, 9.17) is 4.42 Å². The summed E-state index contributed by atoms with van der Waals surface area (Å²) in [5.74, 6) is 0.825. The number of benzene rings is 2. The average molecular weight is 415 g/mol. The molecule has 0 aliphatic carbocycles. The Hall–Kier alpha value is -3.41. The van der Waals surface area contributed by atoms with E-state index in [0.29, 0.717) is 37.6 Å². The maximum Gasteiger partial charge on any atom is 0.253 e. The monoisotopic (exact) mass is 415 g/mol. The second-order valence-electron chi connectivity index (χ2n) is 8.50. The van der Waals surface area contributed by atoms with Crippen molar-refractivity contribution in [2.75, 3.05) is 26.2 Å². The Balaban J connectivity index is 1.36. The second kappa shape index (κ2) is 8.02. The number of piperidine rings is 1. The third kappa shape index (κ3) is 3.63. The third-order valence-corrected chi connectivity index (χ3v) is 6.77. The van der Waals surface area contributed by atoms with E-state index in [1.54, 1.807) is 12.5 Å². The van der Waals surface area contributed by atoms with Gasteiger partial charge in [-0.2, -0.15) is 0 Å². The maximum atomic E-state index is 13.2. The van der Waals surface area contributed by atoms with Crippen molar-refractivity contribution in [3.63, 3.8) is 0 Å². The number of hydrogen-bond donors (Lipinski definition) is 0. The molecule has 31 heavy (non-hydrogen) atoms. The first-order valence-corrected chi connectivity index (χ1v) is 10.7. The van der Waals surface area contributed by atoms with Crippen molar-refractivity contribution in [2.45, 2.75) is 18.8 Å². The summed E-state index contributed by atoms with van der Waals surface area (Å²) in [6.45, 7) is 2.57. The highest BCUT2D eigenvalue weighted by atomic mass is 16.3. The van der Waals surface area contributed by atoms with Gasteiger partial charge < -0.3 is 14.2 Å². The fourth-order valence-electron chi connectivity index (χ4n) is 5.06. The van der Waals surface area contributed by atoms with Gasteiger partial charge in [0.2, 0.25) is 0 Å². The normalized spacial score (nSPS) is 20.2. The Bertz CT molecular complexity index is 1040. The van der Waals surface area contributed by atoms with E-state index < -0.39 is 0 Å². The summed E-state index contributed by atoms with van der Waals surface area (Å²) >= 11 is 0. The summed E-state index contributed by atoms with van der Waals surface area (Å²) in [4.78, 5) is 34.3. The van der Waals surface area contributed by atoms with Crippen molar-refractivity contribution < 1.29 is 14.0 Å². The first-order chi connectivity index (χ1) is 15.2. The minimum atomic E-state index is -0.136.